The van der Waals surface area contributed by atoms with Gasteiger partial charge >= 0.3 is 0 Å². The van der Waals surface area contributed by atoms with E-state index in [1.54, 1.807) is 0 Å². The molecule has 0 unspecified atom stereocenters. The van der Waals surface area contributed by atoms with Crippen molar-refractivity contribution in [2.75, 3.05) is 6.54 Å². The van der Waals surface area contributed by atoms with Crippen LogP contribution in [0.1, 0.15) is 51.2 Å². The number of carbonyl (C=O) groups is 1. The number of nitrogens with one attached hydrogen (secondary N) is 1. The summed E-state index contributed by atoms with van der Waals surface area (Å²) in [4.78, 5) is 11.8. The molecule has 0 aliphatic carbocycles. The van der Waals surface area contributed by atoms with Gasteiger partial charge in [-0.1, -0.05) is 20.3 Å². The lowest BCUT2D eigenvalue weighted by Gasteiger charge is -2.15. The molecular weight excluding hydrogens is 266 g/mol. The second-order valence-electron chi connectivity index (χ2n) is 6.16. The highest BCUT2D eigenvalue weighted by Gasteiger charge is 2.17. The summed E-state index contributed by atoms with van der Waals surface area (Å²) >= 11 is 0. The number of hydrogen-bond donors (Lipinski definition) is 2. The van der Waals surface area contributed by atoms with E-state index in [9.17, 15) is 4.79 Å². The third-order valence-electron chi connectivity index (χ3n) is 4.08. The van der Waals surface area contributed by atoms with Crippen LogP contribution in [0.15, 0.2) is 0 Å². The van der Waals surface area contributed by atoms with Gasteiger partial charge in [0.15, 0.2) is 0 Å². The Labute approximate surface area is 126 Å². The molecule has 0 aromatic carbocycles. The quantitative estimate of drug-likeness (QED) is 0.767. The van der Waals surface area contributed by atoms with E-state index < -0.39 is 6.04 Å². The van der Waals surface area contributed by atoms with E-state index in [1.165, 1.54) is 19.3 Å². The minimum absolute atomic E-state index is 0.0647. The van der Waals surface area contributed by atoms with Gasteiger partial charge in [-0.2, -0.15) is 0 Å². The normalized spacial score (nSPS) is 16.4. The summed E-state index contributed by atoms with van der Waals surface area (Å²) in [6.07, 6.45) is 6.44. The smallest absolute Gasteiger partial charge is 0.237 e. The fraction of sp³-hybridized carbons (Fsp3) is 0.800. The van der Waals surface area contributed by atoms with Crippen molar-refractivity contribution in [3.63, 3.8) is 0 Å². The number of fused-ring (bicyclic) bond motifs is 1. The van der Waals surface area contributed by atoms with Crippen LogP contribution in [0.5, 0.6) is 0 Å². The zero-order chi connectivity index (χ0) is 15.2. The second kappa shape index (κ2) is 7.54. The Balaban J connectivity index is 1.77. The Kier molecular flexibility index (Phi) is 5.73. The van der Waals surface area contributed by atoms with Crippen LogP contribution in [0, 0.1) is 5.92 Å². The van der Waals surface area contributed by atoms with E-state index in [0.29, 0.717) is 6.54 Å². The molecule has 21 heavy (non-hydrogen) atoms. The molecule has 2 rings (SSSR count). The molecule has 3 N–H and O–H groups in total. The summed E-state index contributed by atoms with van der Waals surface area (Å²) in [6.45, 7) is 5.58. The van der Waals surface area contributed by atoms with Crippen LogP contribution in [0.3, 0.4) is 0 Å². The Hall–Kier alpha value is -1.43. The van der Waals surface area contributed by atoms with Crippen molar-refractivity contribution in [3.8, 4) is 0 Å². The summed E-state index contributed by atoms with van der Waals surface area (Å²) in [6, 6.07) is -0.422. The molecule has 0 spiro atoms. The first kappa shape index (κ1) is 15.9. The van der Waals surface area contributed by atoms with Gasteiger partial charge in [-0.15, -0.1) is 10.2 Å². The van der Waals surface area contributed by atoms with E-state index in [-0.39, 0.29) is 11.8 Å². The summed E-state index contributed by atoms with van der Waals surface area (Å²) < 4.78 is 2.26. The maximum Gasteiger partial charge on any atom is 0.237 e. The lowest BCUT2D eigenvalue weighted by atomic mass is 10.1. The molecule has 0 saturated carbocycles. The van der Waals surface area contributed by atoms with Crippen molar-refractivity contribution >= 4 is 5.91 Å². The highest BCUT2D eigenvalue weighted by Crippen LogP contribution is 2.15. The fourth-order valence-electron chi connectivity index (χ4n) is 2.61. The Bertz CT molecular complexity index is 469. The minimum Gasteiger partial charge on any atom is -0.355 e. The third kappa shape index (κ3) is 4.27. The molecule has 0 bridgehead atoms. The maximum absolute atomic E-state index is 11.8. The molecule has 0 saturated heterocycles. The van der Waals surface area contributed by atoms with Gasteiger partial charge in [0.1, 0.15) is 11.6 Å². The standard InChI is InChI=1S/C15H27N5O/c1-11(2)14(16)15(21)17-9-6-8-13-19-18-12-7-4-3-5-10-20(12)13/h11,14H,3-10,16H2,1-2H3,(H,17,21)/t14-/m0/s1. The second-order valence-corrected chi connectivity index (χ2v) is 6.16. The first-order chi connectivity index (χ1) is 10.1. The van der Waals surface area contributed by atoms with Gasteiger partial charge in [0.25, 0.3) is 0 Å². The predicted octanol–water partition coefficient (Wildman–Crippen LogP) is 1.04. The molecule has 2 heterocycles. The molecule has 118 valence electrons. The Morgan fingerprint density at radius 2 is 2.14 bits per heavy atom. The molecule has 1 atom stereocenters. The van der Waals surface area contributed by atoms with E-state index >= 15 is 0 Å². The van der Waals surface area contributed by atoms with Gasteiger partial charge in [-0.25, -0.2) is 0 Å². The molecule has 0 fully saturated rings. The van der Waals surface area contributed by atoms with Crippen LogP contribution >= 0.6 is 0 Å². The number of nitrogens with zero attached hydrogens (tertiary/aromatic N) is 3. The van der Waals surface area contributed by atoms with Gasteiger partial charge in [-0.3, -0.25) is 4.79 Å². The fourth-order valence-corrected chi connectivity index (χ4v) is 2.61. The molecule has 1 aromatic heterocycles. The number of carbonyl (C=O) groups excluding carboxylic acids is 1. The van der Waals surface area contributed by atoms with Gasteiger partial charge in [-0.05, 0) is 25.2 Å². The zero-order valence-electron chi connectivity index (χ0n) is 13.1. The van der Waals surface area contributed by atoms with Crippen LogP contribution in [-0.4, -0.2) is 33.3 Å². The van der Waals surface area contributed by atoms with Crippen LogP contribution in [0.4, 0.5) is 0 Å². The van der Waals surface area contributed by atoms with Crippen LogP contribution < -0.4 is 11.1 Å². The highest BCUT2D eigenvalue weighted by atomic mass is 16.2. The maximum atomic E-state index is 11.8. The van der Waals surface area contributed by atoms with Crippen LogP contribution in [0.2, 0.25) is 0 Å². The largest absolute Gasteiger partial charge is 0.355 e. The van der Waals surface area contributed by atoms with Crippen molar-refractivity contribution in [1.82, 2.24) is 20.1 Å². The topological polar surface area (TPSA) is 85.8 Å². The van der Waals surface area contributed by atoms with E-state index in [0.717, 1.165) is 37.5 Å². The van der Waals surface area contributed by atoms with Crippen molar-refractivity contribution in [1.29, 1.82) is 0 Å². The monoisotopic (exact) mass is 293 g/mol. The Morgan fingerprint density at radius 3 is 2.90 bits per heavy atom. The first-order valence-corrected chi connectivity index (χ1v) is 8.04. The molecule has 1 amide bonds. The van der Waals surface area contributed by atoms with Crippen LogP contribution in [-0.2, 0) is 24.2 Å². The number of hydrogen-bond acceptors (Lipinski definition) is 4. The van der Waals surface area contributed by atoms with Gasteiger partial charge in [0.05, 0.1) is 6.04 Å². The summed E-state index contributed by atoms with van der Waals surface area (Å²) in [7, 11) is 0. The molecule has 6 heteroatoms. The number of rotatable bonds is 6. The van der Waals surface area contributed by atoms with E-state index in [4.69, 9.17) is 5.73 Å². The predicted molar refractivity (Wildman–Crippen MR) is 81.7 cm³/mol. The number of amides is 1. The van der Waals surface area contributed by atoms with Crippen LogP contribution in [0.25, 0.3) is 0 Å². The molecule has 0 radical (unpaired) electrons. The highest BCUT2D eigenvalue weighted by molar-refractivity contribution is 5.81. The average Bonchev–Trinajstić information content (AvgIpc) is 2.70. The molecule has 1 aliphatic heterocycles. The van der Waals surface area contributed by atoms with Crippen molar-refractivity contribution < 1.29 is 4.79 Å². The van der Waals surface area contributed by atoms with Crippen molar-refractivity contribution in [2.24, 2.45) is 11.7 Å². The van der Waals surface area contributed by atoms with E-state index in [1.807, 2.05) is 13.8 Å². The lowest BCUT2D eigenvalue weighted by Crippen LogP contribution is -2.44. The molecule has 1 aromatic rings. The van der Waals surface area contributed by atoms with Crippen molar-refractivity contribution in [3.05, 3.63) is 11.6 Å². The van der Waals surface area contributed by atoms with Gasteiger partial charge < -0.3 is 15.6 Å². The number of aromatic nitrogens is 3. The third-order valence-corrected chi connectivity index (χ3v) is 4.08. The summed E-state index contributed by atoms with van der Waals surface area (Å²) in [5.74, 6) is 2.27. The van der Waals surface area contributed by atoms with E-state index in [2.05, 4.69) is 20.1 Å². The summed E-state index contributed by atoms with van der Waals surface area (Å²) in [5, 5.41) is 11.5. The van der Waals surface area contributed by atoms with Crippen molar-refractivity contribution in [2.45, 2.75) is 65.0 Å². The molecule has 6 nitrogen and oxygen atoms in total. The molecular formula is C15H27N5O. The first-order valence-electron chi connectivity index (χ1n) is 8.04. The SMILES string of the molecule is CC(C)[C@H](N)C(=O)NCCCc1nnc2n1CCCCC2. The zero-order valence-corrected chi connectivity index (χ0v) is 13.1. The number of nitrogens with two attached hydrogens (primary N) is 1. The molecule has 1 aliphatic rings. The average molecular weight is 293 g/mol. The van der Waals surface area contributed by atoms with Gasteiger partial charge in [0.2, 0.25) is 5.91 Å². The summed E-state index contributed by atoms with van der Waals surface area (Å²) in [5.41, 5.74) is 5.81. The minimum atomic E-state index is -0.422. The Morgan fingerprint density at radius 1 is 1.33 bits per heavy atom. The lowest BCUT2D eigenvalue weighted by molar-refractivity contribution is -0.123. The number of aryl methyl sites for hydroxylation is 2. The van der Waals surface area contributed by atoms with Gasteiger partial charge in [0, 0.05) is 25.9 Å².